The number of aromatic nitrogens is 2. The summed E-state index contributed by atoms with van der Waals surface area (Å²) < 4.78 is 6.07. The van der Waals surface area contributed by atoms with Crippen LogP contribution in [0.5, 0.6) is 5.75 Å². The monoisotopic (exact) mass is 344 g/mol. The van der Waals surface area contributed by atoms with Crippen LogP contribution in [0.2, 0.25) is 0 Å². The Labute approximate surface area is 144 Å². The normalized spacial score (nSPS) is 20.0. The van der Waals surface area contributed by atoms with E-state index in [2.05, 4.69) is 15.5 Å². The zero-order valence-corrected chi connectivity index (χ0v) is 13.9. The Hall–Kier alpha value is -2.90. The van der Waals surface area contributed by atoms with Crippen LogP contribution >= 0.6 is 0 Å². The van der Waals surface area contributed by atoms with Crippen molar-refractivity contribution in [3.05, 3.63) is 51.7 Å². The summed E-state index contributed by atoms with van der Waals surface area (Å²) in [6, 6.07) is 7.56. The summed E-state index contributed by atoms with van der Waals surface area (Å²) in [6.45, 7) is 1.99. The molecule has 2 aromatic rings. The predicted molar refractivity (Wildman–Crippen MR) is 90.6 cm³/mol. The summed E-state index contributed by atoms with van der Waals surface area (Å²) in [7, 11) is 0. The molecule has 0 saturated heterocycles. The first-order chi connectivity index (χ1) is 12.0. The highest BCUT2D eigenvalue weighted by molar-refractivity contribution is 5.97. The number of hydrogen-bond donors (Lipinski definition) is 2. The number of nitro groups is 1. The molecule has 2 N–H and O–H groups in total. The lowest BCUT2D eigenvalue weighted by Crippen LogP contribution is -2.47. The minimum absolute atomic E-state index is 0.0649. The summed E-state index contributed by atoms with van der Waals surface area (Å²) in [5, 5.41) is 19.7. The highest BCUT2D eigenvalue weighted by atomic mass is 16.6. The quantitative estimate of drug-likeness (QED) is 0.640. The number of benzene rings is 1. The summed E-state index contributed by atoms with van der Waals surface area (Å²) >= 11 is 0. The number of nitrogens with one attached hydrogen (secondary N) is 2. The molecule has 1 saturated carbocycles. The zero-order chi connectivity index (χ0) is 17.8. The maximum atomic E-state index is 12.4. The molecular formula is C17H20N4O4. The number of H-pyrrole nitrogens is 1. The fourth-order valence-electron chi connectivity index (χ4n) is 3.10. The molecule has 0 bridgehead atoms. The maximum absolute atomic E-state index is 12.4. The van der Waals surface area contributed by atoms with Crippen LogP contribution in [0.1, 0.15) is 41.6 Å². The van der Waals surface area contributed by atoms with Crippen LogP contribution < -0.4 is 10.1 Å². The van der Waals surface area contributed by atoms with Crippen LogP contribution in [0.25, 0.3) is 0 Å². The third-order valence-corrected chi connectivity index (χ3v) is 4.34. The first-order valence-corrected chi connectivity index (χ1v) is 8.26. The Morgan fingerprint density at radius 3 is 2.96 bits per heavy atom. The van der Waals surface area contributed by atoms with Crippen molar-refractivity contribution in [1.29, 1.82) is 0 Å². The molecule has 0 radical (unpaired) electrons. The number of nitrogens with zero attached hydrogens (tertiary/aromatic N) is 2. The minimum Gasteiger partial charge on any atom is -0.488 e. The van der Waals surface area contributed by atoms with Gasteiger partial charge in [-0.25, -0.2) is 0 Å². The van der Waals surface area contributed by atoms with Crippen molar-refractivity contribution in [3.8, 4) is 5.75 Å². The Morgan fingerprint density at radius 1 is 1.40 bits per heavy atom. The number of aryl methyl sites for hydroxylation is 1. The third kappa shape index (κ3) is 3.96. The molecule has 1 heterocycles. The zero-order valence-electron chi connectivity index (χ0n) is 13.9. The van der Waals surface area contributed by atoms with Gasteiger partial charge in [0, 0.05) is 0 Å². The van der Waals surface area contributed by atoms with Crippen LogP contribution in [0.15, 0.2) is 30.5 Å². The molecule has 1 aromatic heterocycles. The van der Waals surface area contributed by atoms with E-state index in [9.17, 15) is 14.9 Å². The molecule has 8 nitrogen and oxygen atoms in total. The lowest BCUT2D eigenvalue weighted by molar-refractivity contribution is -0.389. The lowest BCUT2D eigenvalue weighted by Gasteiger charge is -2.32. The second-order valence-corrected chi connectivity index (χ2v) is 6.23. The number of carbonyl (C=O) groups is 1. The van der Waals surface area contributed by atoms with Crippen LogP contribution in [0.4, 0.5) is 5.82 Å². The van der Waals surface area contributed by atoms with Crippen molar-refractivity contribution < 1.29 is 14.5 Å². The molecular weight excluding hydrogens is 324 g/mol. The first kappa shape index (κ1) is 16.9. The van der Waals surface area contributed by atoms with Crippen LogP contribution in [0.3, 0.4) is 0 Å². The smallest absolute Gasteiger partial charge is 0.355 e. The maximum Gasteiger partial charge on any atom is 0.355 e. The van der Waals surface area contributed by atoms with Gasteiger partial charge in [-0.05, 0) is 48.8 Å². The van der Waals surface area contributed by atoms with E-state index in [1.54, 1.807) is 0 Å². The van der Waals surface area contributed by atoms with Crippen molar-refractivity contribution in [2.75, 3.05) is 0 Å². The standard InChI is InChI=1S/C17H20N4O4/c1-11-5-4-6-12(9-11)25-15-8-3-2-7-14(15)19-17(22)13-10-18-20-16(13)21(23)24/h4-6,9-10,14-15H,2-3,7-8H2,1H3,(H,18,20)(H,19,22)/t14-,15-/m1/s1. The van der Waals surface area contributed by atoms with E-state index in [1.807, 2.05) is 31.2 Å². The van der Waals surface area contributed by atoms with Gasteiger partial charge in [-0.15, -0.1) is 5.10 Å². The molecule has 0 aliphatic heterocycles. The van der Waals surface area contributed by atoms with E-state index in [1.165, 1.54) is 6.20 Å². The summed E-state index contributed by atoms with van der Waals surface area (Å²) in [6.07, 6.45) is 4.61. The predicted octanol–water partition coefficient (Wildman–Crippen LogP) is 2.75. The van der Waals surface area contributed by atoms with E-state index < -0.39 is 16.6 Å². The van der Waals surface area contributed by atoms with Crippen LogP contribution in [-0.2, 0) is 0 Å². The average molecular weight is 344 g/mol. The fraction of sp³-hybridized carbons (Fsp3) is 0.412. The molecule has 0 unspecified atom stereocenters. The highest BCUT2D eigenvalue weighted by Gasteiger charge is 2.31. The van der Waals surface area contributed by atoms with Gasteiger partial charge in [-0.2, -0.15) is 0 Å². The molecule has 2 atom stereocenters. The summed E-state index contributed by atoms with van der Waals surface area (Å²) in [5.74, 6) is -0.143. The molecule has 1 aromatic carbocycles. The Morgan fingerprint density at radius 2 is 2.20 bits per heavy atom. The Bertz CT molecular complexity index is 774. The fourth-order valence-corrected chi connectivity index (χ4v) is 3.10. The molecule has 25 heavy (non-hydrogen) atoms. The van der Waals surface area contributed by atoms with Gasteiger partial charge in [0.25, 0.3) is 5.91 Å². The number of ether oxygens (including phenoxy) is 1. The molecule has 1 amide bonds. The van der Waals surface area contributed by atoms with E-state index in [-0.39, 0.29) is 17.7 Å². The Kier molecular flexibility index (Phi) is 4.97. The number of aromatic amines is 1. The average Bonchev–Trinajstić information content (AvgIpc) is 3.07. The van der Waals surface area contributed by atoms with Gasteiger partial charge in [-0.1, -0.05) is 23.7 Å². The van der Waals surface area contributed by atoms with Crippen LogP contribution in [0, 0.1) is 17.0 Å². The minimum atomic E-state index is -0.649. The van der Waals surface area contributed by atoms with Gasteiger partial charge in [0.05, 0.1) is 12.2 Å². The topological polar surface area (TPSA) is 110 Å². The third-order valence-electron chi connectivity index (χ3n) is 4.34. The van der Waals surface area contributed by atoms with Crippen molar-refractivity contribution in [3.63, 3.8) is 0 Å². The van der Waals surface area contributed by atoms with Crippen molar-refractivity contribution >= 4 is 11.7 Å². The summed E-state index contributed by atoms with van der Waals surface area (Å²) in [5.41, 5.74) is 1.03. The first-order valence-electron chi connectivity index (χ1n) is 8.26. The van der Waals surface area contributed by atoms with Gasteiger partial charge in [-0.3, -0.25) is 4.79 Å². The summed E-state index contributed by atoms with van der Waals surface area (Å²) in [4.78, 5) is 22.7. The molecule has 3 rings (SSSR count). The van der Waals surface area contributed by atoms with Crippen molar-refractivity contribution in [1.82, 2.24) is 15.5 Å². The molecule has 1 fully saturated rings. The van der Waals surface area contributed by atoms with Crippen LogP contribution in [-0.4, -0.2) is 33.2 Å². The second kappa shape index (κ2) is 7.33. The number of hydrogen-bond acceptors (Lipinski definition) is 5. The number of rotatable bonds is 5. The van der Waals surface area contributed by atoms with Crippen molar-refractivity contribution in [2.24, 2.45) is 0 Å². The highest BCUT2D eigenvalue weighted by Crippen LogP contribution is 2.25. The van der Waals surface area contributed by atoms with Gasteiger partial charge in [0.2, 0.25) is 0 Å². The molecule has 8 heteroatoms. The van der Waals surface area contributed by atoms with E-state index >= 15 is 0 Å². The van der Waals surface area contributed by atoms with Gasteiger partial charge in [0.15, 0.2) is 5.56 Å². The number of carbonyl (C=O) groups excluding carboxylic acids is 1. The SMILES string of the molecule is Cc1cccc(O[C@@H]2CCCC[C@H]2NC(=O)c2cn[nH]c2[N+](=O)[O-])c1. The molecule has 132 valence electrons. The Balaban J connectivity index is 1.71. The van der Waals surface area contributed by atoms with E-state index in [4.69, 9.17) is 4.74 Å². The number of amides is 1. The van der Waals surface area contributed by atoms with Gasteiger partial charge < -0.3 is 20.2 Å². The largest absolute Gasteiger partial charge is 0.488 e. The molecule has 1 aliphatic carbocycles. The van der Waals surface area contributed by atoms with E-state index in [0.717, 1.165) is 37.0 Å². The second-order valence-electron chi connectivity index (χ2n) is 6.23. The van der Waals surface area contributed by atoms with Gasteiger partial charge >= 0.3 is 5.82 Å². The van der Waals surface area contributed by atoms with Crippen molar-refractivity contribution in [2.45, 2.75) is 44.8 Å². The molecule has 1 aliphatic rings. The lowest BCUT2D eigenvalue weighted by atomic mass is 9.92. The molecule has 0 spiro atoms. The van der Waals surface area contributed by atoms with Gasteiger partial charge in [0.1, 0.15) is 11.9 Å². The van der Waals surface area contributed by atoms with E-state index in [0.29, 0.717) is 0 Å².